The number of fused-ring (bicyclic) bond motifs is 1. The number of aliphatic imine (C=N–C) groups is 1. The summed E-state index contributed by atoms with van der Waals surface area (Å²) in [5.74, 6) is 2.83. The number of hydrogen-bond acceptors (Lipinski definition) is 6. The van der Waals surface area contributed by atoms with E-state index in [0.29, 0.717) is 12.4 Å². The fourth-order valence-corrected chi connectivity index (χ4v) is 3.05. The van der Waals surface area contributed by atoms with Crippen molar-refractivity contribution in [2.75, 3.05) is 13.6 Å². The lowest BCUT2D eigenvalue weighted by atomic mass is 10.1. The largest absolute Gasteiger partial charge is 0.356 e. The minimum absolute atomic E-state index is 0.531. The summed E-state index contributed by atoms with van der Waals surface area (Å²) in [6, 6.07) is 14.0. The van der Waals surface area contributed by atoms with Gasteiger partial charge in [0.25, 0.3) is 5.89 Å². The molecule has 4 aromatic rings. The van der Waals surface area contributed by atoms with E-state index in [2.05, 4.69) is 48.1 Å². The van der Waals surface area contributed by atoms with E-state index in [1.807, 2.05) is 47.9 Å². The first-order valence-corrected chi connectivity index (χ1v) is 9.92. The Kier molecular flexibility index (Phi) is 5.98. The Morgan fingerprint density at radius 2 is 1.97 bits per heavy atom. The monoisotopic (exact) mass is 404 g/mol. The molecule has 30 heavy (non-hydrogen) atoms. The normalized spacial score (nSPS) is 11.7. The lowest BCUT2D eigenvalue weighted by molar-refractivity contribution is 0.423. The quantitative estimate of drug-likeness (QED) is 0.359. The first-order chi connectivity index (χ1) is 14.8. The summed E-state index contributed by atoms with van der Waals surface area (Å²) in [4.78, 5) is 8.63. The number of aryl methyl sites for hydroxylation is 1. The third kappa shape index (κ3) is 4.45. The second kappa shape index (κ2) is 9.17. The maximum absolute atomic E-state index is 5.28. The lowest BCUT2D eigenvalue weighted by Gasteiger charge is -2.11. The van der Waals surface area contributed by atoms with Crippen molar-refractivity contribution in [2.24, 2.45) is 4.99 Å². The van der Waals surface area contributed by atoms with Crippen LogP contribution in [0.25, 0.3) is 17.1 Å². The first-order valence-electron chi connectivity index (χ1n) is 9.92. The SMILES string of the molecule is CCc1noc(-c2ccc(CCNC(=NC)NCc3nnc4ccccn34)cc2)n1. The molecule has 3 aromatic heterocycles. The molecule has 3 heterocycles. The molecule has 0 amide bonds. The van der Waals surface area contributed by atoms with E-state index in [-0.39, 0.29) is 0 Å². The Hall–Kier alpha value is -3.75. The van der Waals surface area contributed by atoms with Gasteiger partial charge < -0.3 is 15.2 Å². The Morgan fingerprint density at radius 3 is 2.73 bits per heavy atom. The van der Waals surface area contributed by atoms with Crippen molar-refractivity contribution >= 4 is 11.6 Å². The van der Waals surface area contributed by atoms with Crippen molar-refractivity contribution in [1.29, 1.82) is 0 Å². The molecule has 0 atom stereocenters. The number of benzene rings is 1. The molecule has 0 saturated carbocycles. The average Bonchev–Trinajstić information content (AvgIpc) is 3.44. The summed E-state index contributed by atoms with van der Waals surface area (Å²) >= 11 is 0. The minimum Gasteiger partial charge on any atom is -0.356 e. The van der Waals surface area contributed by atoms with E-state index in [0.717, 1.165) is 48.2 Å². The van der Waals surface area contributed by atoms with Crippen molar-refractivity contribution in [1.82, 2.24) is 35.4 Å². The van der Waals surface area contributed by atoms with Crippen LogP contribution in [-0.4, -0.2) is 44.3 Å². The van der Waals surface area contributed by atoms with Crippen LogP contribution in [0.1, 0.15) is 24.1 Å². The van der Waals surface area contributed by atoms with E-state index in [4.69, 9.17) is 4.52 Å². The zero-order valence-electron chi connectivity index (χ0n) is 17.0. The van der Waals surface area contributed by atoms with Crippen LogP contribution >= 0.6 is 0 Å². The van der Waals surface area contributed by atoms with E-state index < -0.39 is 0 Å². The van der Waals surface area contributed by atoms with Gasteiger partial charge in [-0.3, -0.25) is 9.39 Å². The summed E-state index contributed by atoms with van der Waals surface area (Å²) < 4.78 is 7.24. The summed E-state index contributed by atoms with van der Waals surface area (Å²) in [6.45, 7) is 3.28. The third-order valence-electron chi connectivity index (χ3n) is 4.71. The molecular formula is C21H24N8O. The molecule has 0 bridgehead atoms. The maximum atomic E-state index is 5.28. The van der Waals surface area contributed by atoms with Crippen molar-refractivity contribution < 1.29 is 4.52 Å². The van der Waals surface area contributed by atoms with Crippen molar-refractivity contribution in [3.63, 3.8) is 0 Å². The van der Waals surface area contributed by atoms with Gasteiger partial charge in [-0.25, -0.2) is 0 Å². The summed E-state index contributed by atoms with van der Waals surface area (Å²) in [5, 5.41) is 18.9. The zero-order valence-corrected chi connectivity index (χ0v) is 17.0. The first kappa shape index (κ1) is 19.6. The van der Waals surface area contributed by atoms with Crippen LogP contribution in [0.5, 0.6) is 0 Å². The predicted molar refractivity (Wildman–Crippen MR) is 114 cm³/mol. The topological polar surface area (TPSA) is 106 Å². The van der Waals surface area contributed by atoms with Gasteiger partial charge in [-0.15, -0.1) is 10.2 Å². The fraction of sp³-hybridized carbons (Fsp3) is 0.286. The van der Waals surface area contributed by atoms with Gasteiger partial charge in [0.15, 0.2) is 23.3 Å². The number of hydrogen-bond donors (Lipinski definition) is 2. The summed E-state index contributed by atoms with van der Waals surface area (Å²) in [6.07, 6.45) is 3.57. The fourth-order valence-electron chi connectivity index (χ4n) is 3.05. The van der Waals surface area contributed by atoms with Crippen molar-refractivity contribution in [3.05, 3.63) is 65.9 Å². The van der Waals surface area contributed by atoms with Crippen LogP contribution in [-0.2, 0) is 19.4 Å². The molecule has 1 aromatic carbocycles. The van der Waals surface area contributed by atoms with Gasteiger partial charge >= 0.3 is 0 Å². The van der Waals surface area contributed by atoms with Crippen molar-refractivity contribution in [3.8, 4) is 11.5 Å². The van der Waals surface area contributed by atoms with Gasteiger partial charge in [-0.05, 0) is 36.2 Å². The maximum Gasteiger partial charge on any atom is 0.257 e. The van der Waals surface area contributed by atoms with Gasteiger partial charge in [0.05, 0.1) is 6.54 Å². The molecule has 154 valence electrons. The molecule has 4 rings (SSSR count). The standard InChI is InChI=1S/C21H24N8O/c1-3-17-25-20(30-28-17)16-9-7-15(8-10-16)11-12-23-21(22-2)24-14-19-27-26-18-6-4-5-13-29(18)19/h4-10,13H,3,11-12,14H2,1-2H3,(H2,22,23,24). The van der Waals surface area contributed by atoms with Crippen LogP contribution in [0.2, 0.25) is 0 Å². The minimum atomic E-state index is 0.531. The van der Waals surface area contributed by atoms with Crippen LogP contribution in [0.4, 0.5) is 0 Å². The Balaban J connectivity index is 1.27. The number of nitrogens with zero attached hydrogens (tertiary/aromatic N) is 6. The van der Waals surface area contributed by atoms with Gasteiger partial charge in [0.1, 0.15) is 0 Å². The van der Waals surface area contributed by atoms with Crippen LogP contribution in [0.3, 0.4) is 0 Å². The molecule has 9 heteroatoms. The zero-order chi connectivity index (χ0) is 20.8. The Labute approximate surface area is 174 Å². The molecule has 9 nitrogen and oxygen atoms in total. The van der Waals surface area contributed by atoms with Gasteiger partial charge in [0, 0.05) is 31.8 Å². The number of rotatable bonds is 7. The van der Waals surface area contributed by atoms with Gasteiger partial charge in [-0.1, -0.05) is 30.3 Å². The molecule has 0 radical (unpaired) electrons. The number of nitrogens with one attached hydrogen (secondary N) is 2. The van der Waals surface area contributed by atoms with Crippen LogP contribution in [0.15, 0.2) is 58.2 Å². The van der Waals surface area contributed by atoms with E-state index in [1.54, 1.807) is 7.05 Å². The Bertz CT molecular complexity index is 1130. The highest BCUT2D eigenvalue weighted by atomic mass is 16.5. The summed E-state index contributed by atoms with van der Waals surface area (Å²) in [5.41, 5.74) is 2.96. The highest BCUT2D eigenvalue weighted by Crippen LogP contribution is 2.18. The number of pyridine rings is 1. The van der Waals surface area contributed by atoms with E-state index in [1.165, 1.54) is 5.56 Å². The molecule has 0 aliphatic carbocycles. The molecular weight excluding hydrogens is 380 g/mol. The molecule has 0 saturated heterocycles. The smallest absolute Gasteiger partial charge is 0.257 e. The highest BCUT2D eigenvalue weighted by molar-refractivity contribution is 5.79. The lowest BCUT2D eigenvalue weighted by Crippen LogP contribution is -2.38. The molecule has 0 spiro atoms. The molecule has 0 unspecified atom stereocenters. The van der Waals surface area contributed by atoms with E-state index >= 15 is 0 Å². The summed E-state index contributed by atoms with van der Waals surface area (Å²) in [7, 11) is 1.75. The number of aromatic nitrogens is 5. The van der Waals surface area contributed by atoms with Crippen LogP contribution < -0.4 is 10.6 Å². The van der Waals surface area contributed by atoms with Gasteiger partial charge in [-0.2, -0.15) is 4.98 Å². The molecule has 2 N–H and O–H groups in total. The second-order valence-electron chi connectivity index (χ2n) is 6.71. The third-order valence-corrected chi connectivity index (χ3v) is 4.71. The second-order valence-corrected chi connectivity index (χ2v) is 6.71. The molecule has 0 fully saturated rings. The molecule has 0 aliphatic heterocycles. The van der Waals surface area contributed by atoms with Crippen molar-refractivity contribution in [2.45, 2.75) is 26.3 Å². The predicted octanol–water partition coefficient (Wildman–Crippen LogP) is 2.25. The van der Waals surface area contributed by atoms with Gasteiger partial charge in [0.2, 0.25) is 0 Å². The Morgan fingerprint density at radius 1 is 1.10 bits per heavy atom. The average molecular weight is 404 g/mol. The van der Waals surface area contributed by atoms with Crippen LogP contribution in [0, 0.1) is 0 Å². The highest BCUT2D eigenvalue weighted by Gasteiger charge is 2.08. The van der Waals surface area contributed by atoms with E-state index in [9.17, 15) is 0 Å². The number of guanidine groups is 1. The molecule has 0 aliphatic rings.